The van der Waals surface area contributed by atoms with Gasteiger partial charge in [-0.2, -0.15) is 5.26 Å². The summed E-state index contributed by atoms with van der Waals surface area (Å²) in [7, 11) is 0. The maximum atomic E-state index is 13.2. The predicted octanol–water partition coefficient (Wildman–Crippen LogP) is 4.74. The molecule has 0 unspecified atom stereocenters. The number of rotatable bonds is 6. The number of nitro benzene ring substituents is 2. The molecule has 0 saturated heterocycles. The number of thiazole rings is 1. The van der Waals surface area contributed by atoms with Crippen molar-refractivity contribution in [2.45, 2.75) is 0 Å². The lowest BCUT2D eigenvalue weighted by atomic mass is 10.1. The van der Waals surface area contributed by atoms with E-state index in [0.29, 0.717) is 16.3 Å². The molecule has 0 aliphatic heterocycles. The van der Waals surface area contributed by atoms with Crippen molar-refractivity contribution in [2.24, 2.45) is 0 Å². The lowest BCUT2D eigenvalue weighted by Crippen LogP contribution is -1.97. The average Bonchev–Trinajstić information content (AvgIpc) is 3.19. The summed E-state index contributed by atoms with van der Waals surface area (Å²) in [6, 6.07) is 10.9. The van der Waals surface area contributed by atoms with Gasteiger partial charge in [-0.25, -0.2) is 9.37 Å². The minimum atomic E-state index is -0.756. The van der Waals surface area contributed by atoms with Crippen molar-refractivity contribution >= 4 is 34.0 Å². The van der Waals surface area contributed by atoms with Crippen LogP contribution in [0.15, 0.2) is 54.0 Å². The maximum Gasteiger partial charge on any atom is 0.295 e. The molecule has 0 bridgehead atoms. The second kappa shape index (κ2) is 8.24. The van der Waals surface area contributed by atoms with Gasteiger partial charge in [0.15, 0.2) is 0 Å². The second-order valence-electron chi connectivity index (χ2n) is 5.58. The Morgan fingerprint density at radius 3 is 2.69 bits per heavy atom. The van der Waals surface area contributed by atoms with Crippen LogP contribution in [0.1, 0.15) is 5.01 Å². The summed E-state index contributed by atoms with van der Waals surface area (Å²) in [4.78, 5) is 25.0. The quantitative estimate of drug-likeness (QED) is 0.351. The smallest absolute Gasteiger partial charge is 0.295 e. The van der Waals surface area contributed by atoms with E-state index in [9.17, 15) is 29.9 Å². The molecule has 0 atom stereocenters. The van der Waals surface area contributed by atoms with E-state index >= 15 is 0 Å². The molecule has 0 spiro atoms. The van der Waals surface area contributed by atoms with Crippen molar-refractivity contribution < 1.29 is 14.2 Å². The average molecular weight is 411 g/mol. The summed E-state index contributed by atoms with van der Waals surface area (Å²) in [6.45, 7) is 0. The number of nitrogens with one attached hydrogen (secondary N) is 1. The number of nitro groups is 2. The molecule has 0 aliphatic rings. The van der Waals surface area contributed by atoms with Gasteiger partial charge in [-0.1, -0.05) is 12.1 Å². The fourth-order valence-corrected chi connectivity index (χ4v) is 3.17. The van der Waals surface area contributed by atoms with Gasteiger partial charge in [-0.05, 0) is 12.1 Å². The monoisotopic (exact) mass is 411 g/mol. The van der Waals surface area contributed by atoms with Crippen LogP contribution in [-0.2, 0) is 0 Å². The Morgan fingerprint density at radius 2 is 2.00 bits per heavy atom. The zero-order chi connectivity index (χ0) is 21.0. The predicted molar refractivity (Wildman–Crippen MR) is 104 cm³/mol. The Hall–Kier alpha value is -4.17. The molecule has 3 aromatic rings. The number of benzene rings is 2. The van der Waals surface area contributed by atoms with Crippen LogP contribution in [0.2, 0.25) is 0 Å². The van der Waals surface area contributed by atoms with E-state index in [2.05, 4.69) is 10.3 Å². The number of allylic oxidation sites excluding steroid dienone is 1. The molecule has 0 saturated carbocycles. The van der Waals surface area contributed by atoms with Crippen LogP contribution in [-0.4, -0.2) is 14.8 Å². The van der Waals surface area contributed by atoms with Gasteiger partial charge < -0.3 is 5.32 Å². The van der Waals surface area contributed by atoms with Crippen molar-refractivity contribution in [2.75, 3.05) is 5.32 Å². The molecule has 11 heteroatoms. The van der Waals surface area contributed by atoms with Crippen LogP contribution in [0.25, 0.3) is 16.8 Å². The minimum Gasteiger partial charge on any atom is -0.355 e. The summed E-state index contributed by atoms with van der Waals surface area (Å²) in [6.07, 6.45) is 1.23. The first-order valence-corrected chi connectivity index (χ1v) is 8.78. The first-order chi connectivity index (χ1) is 13.9. The molecule has 2 aromatic carbocycles. The van der Waals surface area contributed by atoms with Gasteiger partial charge in [0.05, 0.1) is 21.6 Å². The highest BCUT2D eigenvalue weighted by atomic mass is 32.1. The van der Waals surface area contributed by atoms with Crippen LogP contribution in [0.3, 0.4) is 0 Å². The summed E-state index contributed by atoms with van der Waals surface area (Å²) < 4.78 is 13.2. The van der Waals surface area contributed by atoms with Crippen LogP contribution in [0.4, 0.5) is 21.5 Å². The largest absolute Gasteiger partial charge is 0.355 e. The Bertz CT molecular complexity index is 1180. The van der Waals surface area contributed by atoms with Crippen molar-refractivity contribution in [1.29, 1.82) is 5.26 Å². The molecule has 9 nitrogen and oxygen atoms in total. The van der Waals surface area contributed by atoms with Gasteiger partial charge in [0.1, 0.15) is 28.2 Å². The number of nitrogens with zero attached hydrogens (tertiary/aromatic N) is 4. The van der Waals surface area contributed by atoms with Gasteiger partial charge >= 0.3 is 0 Å². The SMILES string of the molecule is N#C/C(=C/Nc1ccc(F)cc1[N+](=O)[O-])c1nc(-c2cccc([N+](=O)[O-])c2)cs1. The Morgan fingerprint density at radius 1 is 1.21 bits per heavy atom. The van der Waals surface area contributed by atoms with E-state index < -0.39 is 21.4 Å². The first kappa shape index (κ1) is 19.6. The van der Waals surface area contributed by atoms with E-state index in [1.54, 1.807) is 11.4 Å². The molecule has 1 N–H and O–H groups in total. The Kier molecular flexibility index (Phi) is 5.56. The molecule has 0 amide bonds. The Labute approximate surface area is 166 Å². The number of hydrogen-bond donors (Lipinski definition) is 1. The van der Waals surface area contributed by atoms with Crippen molar-refractivity contribution in [3.05, 3.63) is 85.1 Å². The van der Waals surface area contributed by atoms with Gasteiger partial charge in [-0.3, -0.25) is 20.2 Å². The molecular formula is C18H10FN5O4S. The fraction of sp³-hybridized carbons (Fsp3) is 0. The molecule has 29 heavy (non-hydrogen) atoms. The topological polar surface area (TPSA) is 135 Å². The third-order valence-electron chi connectivity index (χ3n) is 3.74. The number of nitriles is 1. The third kappa shape index (κ3) is 4.40. The molecule has 1 heterocycles. The van der Waals surface area contributed by atoms with E-state index in [4.69, 9.17) is 0 Å². The highest BCUT2D eigenvalue weighted by Crippen LogP contribution is 2.29. The molecule has 3 rings (SSSR count). The molecule has 144 valence electrons. The highest BCUT2D eigenvalue weighted by Gasteiger charge is 2.16. The van der Waals surface area contributed by atoms with Gasteiger partial charge in [-0.15, -0.1) is 11.3 Å². The molecule has 0 fully saturated rings. The zero-order valence-electron chi connectivity index (χ0n) is 14.4. The number of halogens is 1. The van der Waals surface area contributed by atoms with Crippen LogP contribution < -0.4 is 5.32 Å². The third-order valence-corrected chi connectivity index (χ3v) is 4.61. The molecular weight excluding hydrogens is 401 g/mol. The minimum absolute atomic E-state index is 0.0135. The lowest BCUT2D eigenvalue weighted by molar-refractivity contribution is -0.384. The van der Waals surface area contributed by atoms with E-state index in [1.807, 2.05) is 6.07 Å². The summed E-state index contributed by atoms with van der Waals surface area (Å²) in [5.74, 6) is -0.756. The van der Waals surface area contributed by atoms with Crippen LogP contribution in [0, 0.1) is 37.4 Å². The van der Waals surface area contributed by atoms with E-state index in [-0.39, 0.29) is 16.9 Å². The number of anilines is 1. The normalized spacial score (nSPS) is 11.0. The maximum absolute atomic E-state index is 13.2. The summed E-state index contributed by atoms with van der Waals surface area (Å²) >= 11 is 1.13. The van der Waals surface area contributed by atoms with Gasteiger partial charge in [0, 0.05) is 29.3 Å². The molecule has 0 radical (unpaired) electrons. The lowest BCUT2D eigenvalue weighted by Gasteiger charge is -2.03. The first-order valence-electron chi connectivity index (χ1n) is 7.90. The van der Waals surface area contributed by atoms with Gasteiger partial charge in [0.2, 0.25) is 0 Å². The highest BCUT2D eigenvalue weighted by molar-refractivity contribution is 7.11. The number of non-ortho nitro benzene ring substituents is 1. The van der Waals surface area contributed by atoms with Crippen molar-refractivity contribution in [3.63, 3.8) is 0 Å². The van der Waals surface area contributed by atoms with Crippen LogP contribution >= 0.6 is 11.3 Å². The zero-order valence-corrected chi connectivity index (χ0v) is 15.2. The van der Waals surface area contributed by atoms with Crippen molar-refractivity contribution in [3.8, 4) is 17.3 Å². The Balaban J connectivity index is 1.89. The van der Waals surface area contributed by atoms with E-state index in [0.717, 1.165) is 23.5 Å². The fourth-order valence-electron chi connectivity index (χ4n) is 2.38. The van der Waals surface area contributed by atoms with Crippen molar-refractivity contribution in [1.82, 2.24) is 4.98 Å². The number of aromatic nitrogens is 1. The van der Waals surface area contributed by atoms with Crippen LogP contribution in [0.5, 0.6) is 0 Å². The van der Waals surface area contributed by atoms with Gasteiger partial charge in [0.25, 0.3) is 11.4 Å². The summed E-state index contributed by atoms with van der Waals surface area (Å²) in [5, 5.41) is 35.9. The molecule has 0 aliphatic carbocycles. The number of hydrogen-bond acceptors (Lipinski definition) is 8. The standard InChI is InChI=1S/C18H10FN5O4S/c19-13-4-5-15(17(7-13)24(27)28)21-9-12(8-20)18-22-16(10-29-18)11-2-1-3-14(6-11)23(25)26/h1-7,9-10,21H/b12-9-. The molecule has 1 aromatic heterocycles. The second-order valence-corrected chi connectivity index (χ2v) is 6.44. The van der Waals surface area contributed by atoms with E-state index in [1.165, 1.54) is 30.5 Å². The summed E-state index contributed by atoms with van der Waals surface area (Å²) in [5.41, 5.74) is 0.502.